The molecule has 0 aliphatic heterocycles. The first-order valence-corrected chi connectivity index (χ1v) is 43.5. The van der Waals surface area contributed by atoms with Crippen LogP contribution in [0, 0.1) is 0 Å². The lowest BCUT2D eigenvalue weighted by Gasteiger charge is -2.21. The van der Waals surface area contributed by atoms with Crippen LogP contribution in [0.2, 0.25) is 0 Å². The maximum atomic E-state index is 13.1. The van der Waals surface area contributed by atoms with E-state index in [4.69, 9.17) is 37.0 Å². The summed E-state index contributed by atoms with van der Waals surface area (Å²) >= 11 is 0. The number of unbranched alkanes of at least 4 members (excludes halogenated alkanes) is 41. The average molecular weight is 1460 g/mol. The number of allylic oxidation sites excluding steroid dienone is 10. The van der Waals surface area contributed by atoms with Gasteiger partial charge in [0.1, 0.15) is 19.3 Å². The second-order valence-electron chi connectivity index (χ2n) is 27.4. The van der Waals surface area contributed by atoms with Gasteiger partial charge in [-0.1, -0.05) is 294 Å². The third kappa shape index (κ3) is 73.1. The Bertz CT molecular complexity index is 2130. The van der Waals surface area contributed by atoms with E-state index in [-0.39, 0.29) is 25.7 Å². The summed E-state index contributed by atoms with van der Waals surface area (Å²) < 4.78 is 68.6. The van der Waals surface area contributed by atoms with Crippen molar-refractivity contribution in [3.63, 3.8) is 0 Å². The van der Waals surface area contributed by atoms with Gasteiger partial charge in [0.05, 0.1) is 26.4 Å². The summed E-state index contributed by atoms with van der Waals surface area (Å²) in [5, 5.41) is 10.6. The fraction of sp³-hybridized carbons (Fsp3) is 0.827. The summed E-state index contributed by atoms with van der Waals surface area (Å²) in [5.41, 5.74) is 0. The van der Waals surface area contributed by atoms with Crippen LogP contribution in [0.3, 0.4) is 0 Å². The summed E-state index contributed by atoms with van der Waals surface area (Å²) in [6, 6.07) is 0. The second-order valence-corrected chi connectivity index (χ2v) is 30.3. The number of carbonyl (C=O) groups is 4. The Morgan fingerprint density at radius 2 is 0.490 bits per heavy atom. The van der Waals surface area contributed by atoms with Gasteiger partial charge < -0.3 is 33.8 Å². The van der Waals surface area contributed by atoms with Crippen LogP contribution in [-0.2, 0) is 65.4 Å². The van der Waals surface area contributed by atoms with E-state index in [2.05, 4.69) is 88.5 Å². The summed E-state index contributed by atoms with van der Waals surface area (Å²) in [6.07, 6.45) is 73.3. The van der Waals surface area contributed by atoms with Gasteiger partial charge in [-0.3, -0.25) is 37.3 Å². The van der Waals surface area contributed by atoms with Crippen LogP contribution in [0.15, 0.2) is 60.8 Å². The van der Waals surface area contributed by atoms with E-state index in [1.165, 1.54) is 141 Å². The highest BCUT2D eigenvalue weighted by Crippen LogP contribution is 2.45. The molecule has 0 aromatic heterocycles. The van der Waals surface area contributed by atoms with Gasteiger partial charge in [-0.05, 0) is 116 Å². The van der Waals surface area contributed by atoms with Crippen molar-refractivity contribution in [2.45, 2.75) is 393 Å². The molecule has 0 rings (SSSR count). The van der Waals surface area contributed by atoms with E-state index in [9.17, 15) is 43.2 Å². The maximum Gasteiger partial charge on any atom is 0.472 e. The normalized spacial score (nSPS) is 14.2. The zero-order valence-corrected chi connectivity index (χ0v) is 65.7. The van der Waals surface area contributed by atoms with Gasteiger partial charge in [0.15, 0.2) is 12.2 Å². The summed E-state index contributed by atoms with van der Waals surface area (Å²) in [4.78, 5) is 73.0. The quantitative estimate of drug-likeness (QED) is 0.0169. The number of phosphoric acid groups is 2. The van der Waals surface area contributed by atoms with Crippen molar-refractivity contribution >= 4 is 39.5 Å². The molecule has 100 heavy (non-hydrogen) atoms. The van der Waals surface area contributed by atoms with Crippen molar-refractivity contribution in [2.24, 2.45) is 0 Å². The van der Waals surface area contributed by atoms with Gasteiger partial charge in [0, 0.05) is 25.7 Å². The van der Waals surface area contributed by atoms with Crippen molar-refractivity contribution in [2.75, 3.05) is 39.6 Å². The number of aliphatic hydroxyl groups is 1. The van der Waals surface area contributed by atoms with Gasteiger partial charge in [-0.15, -0.1) is 0 Å². The molecule has 0 bridgehead atoms. The zero-order valence-electron chi connectivity index (χ0n) is 63.9. The highest BCUT2D eigenvalue weighted by molar-refractivity contribution is 7.47. The van der Waals surface area contributed by atoms with E-state index in [1.807, 2.05) is 0 Å². The van der Waals surface area contributed by atoms with E-state index in [0.29, 0.717) is 25.7 Å². The number of phosphoric ester groups is 2. The molecule has 0 aromatic rings. The molecule has 19 heteroatoms. The van der Waals surface area contributed by atoms with Crippen molar-refractivity contribution in [1.29, 1.82) is 0 Å². The Hall–Kier alpha value is -3.24. The Balaban J connectivity index is 5.35. The average Bonchev–Trinajstić information content (AvgIpc) is 1.01. The molecular formula is C81H148O17P2. The maximum absolute atomic E-state index is 13.1. The molecule has 0 aliphatic rings. The third-order valence-electron chi connectivity index (χ3n) is 17.5. The van der Waals surface area contributed by atoms with Crippen molar-refractivity contribution < 1.29 is 80.2 Å². The van der Waals surface area contributed by atoms with E-state index >= 15 is 0 Å². The molecule has 3 N–H and O–H groups in total. The minimum Gasteiger partial charge on any atom is -0.462 e. The zero-order chi connectivity index (χ0) is 73.2. The molecule has 0 spiro atoms. The molecule has 0 aromatic carbocycles. The lowest BCUT2D eigenvalue weighted by atomic mass is 10.0. The molecular weight excluding hydrogens is 1310 g/mol. The standard InChI is InChI=1S/C81H148O17P2/c1-5-9-13-17-21-25-29-33-37-41-45-49-53-57-61-65-78(83)91-71-76(97-80(85)67-63-59-55-51-47-43-39-35-31-27-23-19-15-11-7-3)73-95-99(87,88)93-69-75(82)70-94-100(89,90)96-74-77(98-81(86)68-64-60-56-52-48-44-40-36-32-28-24-20-16-12-8-4)72-92-79(84)66-62-58-54-50-46-42-38-34-30-26-22-18-14-10-6-2/h21-22,25-26,33-35,37-39,75-77,82H,5-20,23-24,27-32,36,40-74H2,1-4H3,(H,87,88)(H,89,90)/b25-21-,26-22-,37-33-,38-34-,39-35-. The highest BCUT2D eigenvalue weighted by atomic mass is 31.2. The number of hydrogen-bond donors (Lipinski definition) is 3. The van der Waals surface area contributed by atoms with Crippen molar-refractivity contribution in [3.8, 4) is 0 Å². The number of rotatable bonds is 77. The number of aliphatic hydroxyl groups excluding tert-OH is 1. The van der Waals surface area contributed by atoms with Crippen LogP contribution in [0.5, 0.6) is 0 Å². The number of carbonyl (C=O) groups excluding carboxylic acids is 4. The predicted molar refractivity (Wildman–Crippen MR) is 409 cm³/mol. The number of hydrogen-bond acceptors (Lipinski definition) is 15. The molecule has 0 saturated carbocycles. The van der Waals surface area contributed by atoms with Crippen LogP contribution in [0.25, 0.3) is 0 Å². The van der Waals surface area contributed by atoms with Gasteiger partial charge >= 0.3 is 39.5 Å². The Morgan fingerprint density at radius 3 is 0.770 bits per heavy atom. The lowest BCUT2D eigenvalue weighted by molar-refractivity contribution is -0.161. The topological polar surface area (TPSA) is 237 Å². The molecule has 0 amide bonds. The van der Waals surface area contributed by atoms with Gasteiger partial charge in [-0.25, -0.2) is 9.13 Å². The first-order chi connectivity index (χ1) is 48.7. The molecule has 0 radical (unpaired) electrons. The molecule has 0 fully saturated rings. The smallest absolute Gasteiger partial charge is 0.462 e. The van der Waals surface area contributed by atoms with E-state index < -0.39 is 97.5 Å². The molecule has 5 atom stereocenters. The van der Waals surface area contributed by atoms with E-state index in [0.717, 1.165) is 154 Å². The molecule has 5 unspecified atom stereocenters. The van der Waals surface area contributed by atoms with Crippen LogP contribution in [0.4, 0.5) is 0 Å². The molecule has 0 heterocycles. The monoisotopic (exact) mass is 1460 g/mol. The molecule has 584 valence electrons. The van der Waals surface area contributed by atoms with Gasteiger partial charge in [-0.2, -0.15) is 0 Å². The largest absolute Gasteiger partial charge is 0.472 e. The van der Waals surface area contributed by atoms with Crippen molar-refractivity contribution in [3.05, 3.63) is 60.8 Å². The lowest BCUT2D eigenvalue weighted by Crippen LogP contribution is -2.30. The molecule has 17 nitrogen and oxygen atoms in total. The Kier molecular flexibility index (Phi) is 71.6. The second kappa shape index (κ2) is 74.0. The van der Waals surface area contributed by atoms with Crippen LogP contribution in [0.1, 0.15) is 374 Å². The number of ether oxygens (including phenoxy) is 4. The van der Waals surface area contributed by atoms with Crippen LogP contribution < -0.4 is 0 Å². The summed E-state index contributed by atoms with van der Waals surface area (Å²) in [6.45, 7) is 4.86. The van der Waals surface area contributed by atoms with Crippen LogP contribution >= 0.6 is 15.6 Å². The fourth-order valence-corrected chi connectivity index (χ4v) is 12.8. The molecule has 0 aliphatic carbocycles. The first-order valence-electron chi connectivity index (χ1n) is 40.5. The first kappa shape index (κ1) is 96.8. The summed E-state index contributed by atoms with van der Waals surface area (Å²) in [5.74, 6) is -2.18. The minimum absolute atomic E-state index is 0.0858. The van der Waals surface area contributed by atoms with Gasteiger partial charge in [0.2, 0.25) is 0 Å². The highest BCUT2D eigenvalue weighted by Gasteiger charge is 2.30. The Morgan fingerprint density at radius 1 is 0.280 bits per heavy atom. The summed E-state index contributed by atoms with van der Waals surface area (Å²) in [7, 11) is -9.95. The van der Waals surface area contributed by atoms with Crippen LogP contribution in [-0.4, -0.2) is 96.7 Å². The Labute approximate surface area is 610 Å². The van der Waals surface area contributed by atoms with Gasteiger partial charge in [0.25, 0.3) is 0 Å². The third-order valence-corrected chi connectivity index (χ3v) is 19.4. The predicted octanol–water partition coefficient (Wildman–Crippen LogP) is 23.5. The number of esters is 4. The van der Waals surface area contributed by atoms with E-state index in [1.54, 1.807) is 0 Å². The molecule has 0 saturated heterocycles. The fourth-order valence-electron chi connectivity index (χ4n) is 11.2. The van der Waals surface area contributed by atoms with Crippen molar-refractivity contribution in [1.82, 2.24) is 0 Å². The SMILES string of the molecule is CCCCC/C=C\C/C=C\CCCCCCCC(=O)OCC(COP(=O)(O)OCC(O)COP(=O)(O)OCC(COC(=O)CCCCCCC/C=C\C/C=C\CCCCC)OC(=O)CCCCCCCCCCCCCCCCC)OC(=O)CCCCCCC/C=C\CCCCCCCC. The minimum atomic E-state index is -4.98.